The van der Waals surface area contributed by atoms with Crippen LogP contribution in [0.4, 0.5) is 5.95 Å². The van der Waals surface area contributed by atoms with Gasteiger partial charge in [-0.05, 0) is 24.3 Å². The van der Waals surface area contributed by atoms with Gasteiger partial charge in [0, 0.05) is 18.7 Å². The molecule has 1 aliphatic rings. The largest absolute Gasteiger partial charge is 0.420 e. The molecule has 0 radical (unpaired) electrons. The number of ether oxygens (including phenoxy) is 1. The lowest BCUT2D eigenvalue weighted by Gasteiger charge is -2.27. The lowest BCUT2D eigenvalue weighted by molar-refractivity contribution is 0.122. The van der Waals surface area contributed by atoms with Gasteiger partial charge in [-0.3, -0.25) is 4.57 Å². The zero-order valence-corrected chi connectivity index (χ0v) is 17.0. The highest BCUT2D eigenvalue weighted by molar-refractivity contribution is 7.98. The van der Waals surface area contributed by atoms with Crippen molar-refractivity contribution in [1.82, 2.24) is 25.0 Å². The lowest BCUT2D eigenvalue weighted by atomic mass is 10.2. The third-order valence-corrected chi connectivity index (χ3v) is 5.65. The number of thioether (sulfide) groups is 1. The summed E-state index contributed by atoms with van der Waals surface area (Å²) >= 11 is 1.52. The van der Waals surface area contributed by atoms with E-state index >= 15 is 0 Å². The second kappa shape index (κ2) is 8.68. The normalized spacial score (nSPS) is 14.2. The molecule has 0 N–H and O–H groups in total. The molecular formula is C21H20N6O2S. The van der Waals surface area contributed by atoms with Crippen LogP contribution in [0, 0.1) is 0 Å². The number of morpholine rings is 1. The first kappa shape index (κ1) is 18.8. The van der Waals surface area contributed by atoms with E-state index < -0.39 is 0 Å². The SMILES string of the molecule is c1ccc(-c2nnc(CSc3nnc(N4CCOCC4)n3-c3ccccc3)o2)cc1. The minimum atomic E-state index is 0.508. The van der Waals surface area contributed by atoms with E-state index in [0.717, 1.165) is 35.4 Å². The van der Waals surface area contributed by atoms with Crippen molar-refractivity contribution in [2.45, 2.75) is 10.9 Å². The van der Waals surface area contributed by atoms with Gasteiger partial charge in [-0.1, -0.05) is 48.2 Å². The van der Waals surface area contributed by atoms with Crippen molar-refractivity contribution in [3.8, 4) is 17.1 Å². The van der Waals surface area contributed by atoms with Gasteiger partial charge in [0.25, 0.3) is 0 Å². The molecule has 0 unspecified atom stereocenters. The minimum Gasteiger partial charge on any atom is -0.420 e. The van der Waals surface area contributed by atoms with Gasteiger partial charge in [-0.25, -0.2) is 0 Å². The van der Waals surface area contributed by atoms with Gasteiger partial charge in [0.1, 0.15) is 0 Å². The van der Waals surface area contributed by atoms with Crippen molar-refractivity contribution < 1.29 is 9.15 Å². The number of para-hydroxylation sites is 1. The molecule has 1 fully saturated rings. The summed E-state index contributed by atoms with van der Waals surface area (Å²) in [5.41, 5.74) is 1.92. The van der Waals surface area contributed by atoms with Gasteiger partial charge in [0.2, 0.25) is 17.7 Å². The summed E-state index contributed by atoms with van der Waals surface area (Å²) in [4.78, 5) is 2.20. The number of hydrogen-bond donors (Lipinski definition) is 0. The topological polar surface area (TPSA) is 82.1 Å². The van der Waals surface area contributed by atoms with Crippen LogP contribution in [0.15, 0.2) is 70.2 Å². The first-order chi connectivity index (χ1) is 14.9. The number of hydrogen-bond acceptors (Lipinski definition) is 8. The maximum absolute atomic E-state index is 5.83. The van der Waals surface area contributed by atoms with Gasteiger partial charge in [-0.2, -0.15) is 0 Å². The molecule has 0 aliphatic carbocycles. The van der Waals surface area contributed by atoms with Crippen LogP contribution in [-0.2, 0) is 10.5 Å². The molecule has 1 aliphatic heterocycles. The highest BCUT2D eigenvalue weighted by Crippen LogP contribution is 2.29. The average Bonchev–Trinajstić information content (AvgIpc) is 3.47. The van der Waals surface area contributed by atoms with Crippen LogP contribution in [-0.4, -0.2) is 51.3 Å². The Balaban J connectivity index is 1.39. The molecule has 9 heteroatoms. The van der Waals surface area contributed by atoms with Crippen molar-refractivity contribution in [1.29, 1.82) is 0 Å². The number of anilines is 1. The van der Waals surface area contributed by atoms with E-state index in [1.807, 2.05) is 48.5 Å². The van der Waals surface area contributed by atoms with Crippen LogP contribution in [0.3, 0.4) is 0 Å². The van der Waals surface area contributed by atoms with Gasteiger partial charge < -0.3 is 14.1 Å². The van der Waals surface area contributed by atoms with E-state index in [9.17, 15) is 0 Å². The van der Waals surface area contributed by atoms with Crippen molar-refractivity contribution in [3.63, 3.8) is 0 Å². The number of aromatic nitrogens is 5. The van der Waals surface area contributed by atoms with E-state index in [0.29, 0.717) is 30.7 Å². The van der Waals surface area contributed by atoms with Crippen LogP contribution >= 0.6 is 11.8 Å². The molecule has 1 saturated heterocycles. The molecule has 152 valence electrons. The molecule has 4 aromatic rings. The fourth-order valence-corrected chi connectivity index (χ4v) is 4.05. The molecule has 30 heavy (non-hydrogen) atoms. The van der Waals surface area contributed by atoms with E-state index in [2.05, 4.69) is 42.0 Å². The van der Waals surface area contributed by atoms with Crippen molar-refractivity contribution >= 4 is 17.7 Å². The van der Waals surface area contributed by atoms with Gasteiger partial charge in [0.15, 0.2) is 5.16 Å². The van der Waals surface area contributed by atoms with Crippen LogP contribution in [0.1, 0.15) is 5.89 Å². The Morgan fingerprint density at radius 3 is 2.33 bits per heavy atom. The standard InChI is InChI=1S/C21H20N6O2S/c1-3-7-16(8-4-1)19-23-22-18(29-19)15-30-21-25-24-20(26-11-13-28-14-12-26)27(21)17-9-5-2-6-10-17/h1-10H,11-15H2. The smallest absolute Gasteiger partial charge is 0.247 e. The Morgan fingerprint density at radius 2 is 1.57 bits per heavy atom. The van der Waals surface area contributed by atoms with Crippen molar-refractivity contribution in [2.75, 3.05) is 31.2 Å². The summed E-state index contributed by atoms with van der Waals surface area (Å²) in [6.45, 7) is 2.96. The Morgan fingerprint density at radius 1 is 0.833 bits per heavy atom. The monoisotopic (exact) mass is 420 g/mol. The summed E-state index contributed by atoms with van der Waals surface area (Å²) in [5.74, 6) is 2.40. The van der Waals surface area contributed by atoms with Crippen LogP contribution in [0.25, 0.3) is 17.1 Å². The number of rotatable bonds is 6. The molecule has 5 rings (SSSR count). The highest BCUT2D eigenvalue weighted by atomic mass is 32.2. The molecule has 3 heterocycles. The maximum atomic E-state index is 5.83. The molecule has 0 saturated carbocycles. The molecular weight excluding hydrogens is 400 g/mol. The van der Waals surface area contributed by atoms with Gasteiger partial charge >= 0.3 is 0 Å². The number of benzene rings is 2. The average molecular weight is 420 g/mol. The van der Waals surface area contributed by atoms with Crippen molar-refractivity contribution in [3.05, 3.63) is 66.6 Å². The van der Waals surface area contributed by atoms with E-state index in [-0.39, 0.29) is 0 Å². The first-order valence-corrected chi connectivity index (χ1v) is 10.7. The summed E-state index contributed by atoms with van der Waals surface area (Å²) < 4.78 is 13.4. The fourth-order valence-electron chi connectivity index (χ4n) is 3.26. The van der Waals surface area contributed by atoms with E-state index in [4.69, 9.17) is 9.15 Å². The molecule has 2 aromatic carbocycles. The summed E-state index contributed by atoms with van der Waals surface area (Å²) in [7, 11) is 0. The van der Waals surface area contributed by atoms with Crippen LogP contribution < -0.4 is 4.90 Å². The maximum Gasteiger partial charge on any atom is 0.247 e. The van der Waals surface area contributed by atoms with Crippen LogP contribution in [0.5, 0.6) is 0 Å². The Labute approximate surface area is 177 Å². The Hall–Kier alpha value is -3.17. The predicted molar refractivity (Wildman–Crippen MR) is 114 cm³/mol. The quantitative estimate of drug-likeness (QED) is 0.439. The zero-order valence-electron chi connectivity index (χ0n) is 16.2. The third kappa shape index (κ3) is 3.94. The van der Waals surface area contributed by atoms with E-state index in [1.54, 1.807) is 0 Å². The summed E-state index contributed by atoms with van der Waals surface area (Å²) in [6, 6.07) is 19.9. The summed E-state index contributed by atoms with van der Waals surface area (Å²) in [5, 5.41) is 18.1. The lowest BCUT2D eigenvalue weighted by Crippen LogP contribution is -2.37. The van der Waals surface area contributed by atoms with Gasteiger partial charge in [0.05, 0.1) is 24.7 Å². The Bertz CT molecular complexity index is 1090. The molecule has 8 nitrogen and oxygen atoms in total. The molecule has 2 aromatic heterocycles. The summed E-state index contributed by atoms with van der Waals surface area (Å²) in [6.07, 6.45) is 0. The third-order valence-electron chi connectivity index (χ3n) is 4.74. The fraction of sp³-hybridized carbons (Fsp3) is 0.238. The molecule has 0 spiro atoms. The molecule has 0 atom stereocenters. The first-order valence-electron chi connectivity index (χ1n) is 9.72. The highest BCUT2D eigenvalue weighted by Gasteiger charge is 2.22. The predicted octanol–water partition coefficient (Wildman–Crippen LogP) is 3.45. The van der Waals surface area contributed by atoms with Crippen molar-refractivity contribution in [2.24, 2.45) is 0 Å². The molecule has 0 bridgehead atoms. The second-order valence-electron chi connectivity index (χ2n) is 6.71. The minimum absolute atomic E-state index is 0.508. The van der Waals surface area contributed by atoms with E-state index in [1.165, 1.54) is 11.8 Å². The Kier molecular flexibility index (Phi) is 5.45. The zero-order chi connectivity index (χ0) is 20.2. The van der Waals surface area contributed by atoms with Crippen LogP contribution in [0.2, 0.25) is 0 Å². The molecule has 0 amide bonds. The number of nitrogens with zero attached hydrogens (tertiary/aromatic N) is 6. The van der Waals surface area contributed by atoms with Gasteiger partial charge in [-0.15, -0.1) is 20.4 Å². The second-order valence-corrected chi connectivity index (χ2v) is 7.65.